The number of benzene rings is 1. The predicted molar refractivity (Wildman–Crippen MR) is 105 cm³/mol. The van der Waals surface area contributed by atoms with E-state index in [0.717, 1.165) is 29.7 Å². The number of imide groups is 1. The van der Waals surface area contributed by atoms with Crippen molar-refractivity contribution in [2.24, 2.45) is 5.92 Å². The van der Waals surface area contributed by atoms with Gasteiger partial charge in [-0.3, -0.25) is 19.3 Å². The summed E-state index contributed by atoms with van der Waals surface area (Å²) >= 11 is 6.02. The first-order valence-electron chi connectivity index (χ1n) is 9.63. The van der Waals surface area contributed by atoms with Gasteiger partial charge in [0.15, 0.2) is 6.61 Å². The number of carbonyl (C=O) groups excluding carboxylic acids is 4. The molecule has 0 radical (unpaired) electrons. The lowest BCUT2D eigenvalue weighted by Gasteiger charge is -2.36. The highest BCUT2D eigenvalue weighted by Crippen LogP contribution is 2.38. The maximum atomic E-state index is 12.8. The van der Waals surface area contributed by atoms with Crippen LogP contribution in [0.1, 0.15) is 38.2 Å². The lowest BCUT2D eigenvalue weighted by atomic mass is 9.73. The average Bonchev–Trinajstić information content (AvgIpc) is 2.93. The second-order valence-electron chi connectivity index (χ2n) is 7.47. The Morgan fingerprint density at radius 1 is 1.31 bits per heavy atom. The zero-order valence-corrected chi connectivity index (χ0v) is 17.0. The third-order valence-electron chi connectivity index (χ3n) is 5.59. The lowest BCUT2D eigenvalue weighted by Crippen LogP contribution is -2.54. The van der Waals surface area contributed by atoms with Crippen molar-refractivity contribution in [1.82, 2.24) is 15.5 Å². The van der Waals surface area contributed by atoms with Crippen molar-refractivity contribution in [3.8, 4) is 0 Å². The van der Waals surface area contributed by atoms with E-state index < -0.39 is 42.5 Å². The normalized spacial score (nSPS) is 23.8. The number of carbonyl (C=O) groups is 4. The minimum absolute atomic E-state index is 0.00399. The summed E-state index contributed by atoms with van der Waals surface area (Å²) in [6, 6.07) is 6.47. The molecule has 1 aromatic rings. The van der Waals surface area contributed by atoms with Crippen LogP contribution in [0.25, 0.3) is 0 Å². The van der Waals surface area contributed by atoms with E-state index in [-0.39, 0.29) is 12.5 Å². The molecule has 8 nitrogen and oxygen atoms in total. The fraction of sp³-hybridized carbons (Fsp3) is 0.500. The molecule has 2 atom stereocenters. The first-order valence-corrected chi connectivity index (χ1v) is 10.0. The first kappa shape index (κ1) is 21.1. The third kappa shape index (κ3) is 4.53. The van der Waals surface area contributed by atoms with Crippen molar-refractivity contribution >= 4 is 35.4 Å². The van der Waals surface area contributed by atoms with E-state index in [4.69, 9.17) is 16.3 Å². The fourth-order valence-corrected chi connectivity index (χ4v) is 4.05. The summed E-state index contributed by atoms with van der Waals surface area (Å²) in [5.41, 5.74) is -0.192. The summed E-state index contributed by atoms with van der Waals surface area (Å²) in [6.45, 7) is 1.11. The second-order valence-corrected chi connectivity index (χ2v) is 7.88. The van der Waals surface area contributed by atoms with Gasteiger partial charge in [0.05, 0.1) is 0 Å². The fourth-order valence-electron chi connectivity index (χ4n) is 3.85. The first-order chi connectivity index (χ1) is 13.8. The molecule has 2 N–H and O–H groups in total. The van der Waals surface area contributed by atoms with Crippen LogP contribution in [-0.2, 0) is 25.7 Å². The molecule has 0 unspecified atom stereocenters. The van der Waals surface area contributed by atoms with Gasteiger partial charge in [0.1, 0.15) is 12.1 Å². The summed E-state index contributed by atoms with van der Waals surface area (Å²) in [7, 11) is 0. The standard InChI is InChI=1S/C20H24ClN3O5/c1-13-6-4-5-9-20(13)18(27)24(19(28)23-20)11-17(26)29-12-16(25)22-10-14-7-2-3-8-15(14)21/h2-3,7-8,13H,4-6,9-12H2,1H3,(H,22,25)(H,23,28)/t13-,20+/m1/s1. The molecule has 1 aliphatic carbocycles. The van der Waals surface area contributed by atoms with E-state index in [1.54, 1.807) is 24.3 Å². The highest BCUT2D eigenvalue weighted by Gasteiger charge is 2.55. The maximum Gasteiger partial charge on any atom is 0.326 e. The van der Waals surface area contributed by atoms with E-state index in [2.05, 4.69) is 10.6 Å². The van der Waals surface area contributed by atoms with Crippen molar-refractivity contribution in [2.45, 2.75) is 44.7 Å². The van der Waals surface area contributed by atoms with E-state index in [1.165, 1.54) is 0 Å². The molecule has 2 fully saturated rings. The molecular formula is C20H24ClN3O5. The van der Waals surface area contributed by atoms with Gasteiger partial charge in [-0.25, -0.2) is 4.79 Å². The minimum atomic E-state index is -0.929. The number of hydrogen-bond acceptors (Lipinski definition) is 5. The van der Waals surface area contributed by atoms with E-state index in [9.17, 15) is 19.2 Å². The number of rotatable bonds is 6. The number of ether oxygens (including phenoxy) is 1. The molecule has 1 aliphatic heterocycles. The van der Waals surface area contributed by atoms with Crippen LogP contribution in [-0.4, -0.2) is 47.4 Å². The van der Waals surface area contributed by atoms with Crippen LogP contribution < -0.4 is 10.6 Å². The Balaban J connectivity index is 1.48. The number of amides is 4. The average molecular weight is 422 g/mol. The summed E-state index contributed by atoms with van der Waals surface area (Å²) in [5.74, 6) is -1.71. The second kappa shape index (κ2) is 8.82. The Hall–Kier alpha value is -2.61. The van der Waals surface area contributed by atoms with Crippen LogP contribution >= 0.6 is 11.6 Å². The maximum absolute atomic E-state index is 12.8. The summed E-state index contributed by atoms with van der Waals surface area (Å²) in [6.07, 6.45) is 3.27. The molecule has 1 heterocycles. The van der Waals surface area contributed by atoms with Crippen LogP contribution in [0.2, 0.25) is 5.02 Å². The molecule has 0 aromatic heterocycles. The van der Waals surface area contributed by atoms with Crippen LogP contribution in [0.5, 0.6) is 0 Å². The molecule has 4 amide bonds. The van der Waals surface area contributed by atoms with Crippen LogP contribution in [0.4, 0.5) is 4.79 Å². The summed E-state index contributed by atoms with van der Waals surface area (Å²) in [4.78, 5) is 49.9. The van der Waals surface area contributed by atoms with Gasteiger partial charge in [-0.15, -0.1) is 0 Å². The van der Waals surface area contributed by atoms with Gasteiger partial charge in [0.2, 0.25) is 0 Å². The zero-order chi connectivity index (χ0) is 21.0. The van der Waals surface area contributed by atoms with Gasteiger partial charge in [-0.1, -0.05) is 49.6 Å². The Morgan fingerprint density at radius 3 is 2.79 bits per heavy atom. The molecule has 29 heavy (non-hydrogen) atoms. The van der Waals surface area contributed by atoms with Crippen molar-refractivity contribution in [3.63, 3.8) is 0 Å². The lowest BCUT2D eigenvalue weighted by molar-refractivity contribution is -0.151. The molecule has 156 valence electrons. The smallest absolute Gasteiger partial charge is 0.326 e. The highest BCUT2D eigenvalue weighted by atomic mass is 35.5. The molecule has 1 spiro atoms. The number of nitrogens with one attached hydrogen (secondary N) is 2. The quantitative estimate of drug-likeness (QED) is 0.540. The molecule has 1 aromatic carbocycles. The largest absolute Gasteiger partial charge is 0.454 e. The Morgan fingerprint density at radius 2 is 2.07 bits per heavy atom. The predicted octanol–water partition coefficient (Wildman–Crippen LogP) is 2.00. The van der Waals surface area contributed by atoms with Gasteiger partial charge < -0.3 is 15.4 Å². The molecule has 9 heteroatoms. The van der Waals surface area contributed by atoms with Gasteiger partial charge in [-0.05, 0) is 30.4 Å². The van der Waals surface area contributed by atoms with E-state index in [1.807, 2.05) is 6.92 Å². The molecular weight excluding hydrogens is 398 g/mol. The number of halogens is 1. The van der Waals surface area contributed by atoms with Crippen molar-refractivity contribution in [3.05, 3.63) is 34.9 Å². The topological polar surface area (TPSA) is 105 Å². The Labute approximate surface area is 173 Å². The number of esters is 1. The zero-order valence-electron chi connectivity index (χ0n) is 16.2. The number of urea groups is 1. The Kier molecular flexibility index (Phi) is 6.42. The van der Waals surface area contributed by atoms with Gasteiger partial charge in [0.25, 0.3) is 11.8 Å². The van der Waals surface area contributed by atoms with E-state index >= 15 is 0 Å². The summed E-state index contributed by atoms with van der Waals surface area (Å²) in [5, 5.41) is 5.89. The van der Waals surface area contributed by atoms with Crippen LogP contribution in [0, 0.1) is 5.92 Å². The molecule has 0 bridgehead atoms. The summed E-state index contributed by atoms with van der Waals surface area (Å²) < 4.78 is 4.93. The number of hydrogen-bond donors (Lipinski definition) is 2. The monoisotopic (exact) mass is 421 g/mol. The molecule has 1 saturated carbocycles. The minimum Gasteiger partial charge on any atom is -0.454 e. The molecule has 1 saturated heterocycles. The van der Waals surface area contributed by atoms with Crippen molar-refractivity contribution in [2.75, 3.05) is 13.2 Å². The SMILES string of the molecule is C[C@@H]1CCCC[C@]12NC(=O)N(CC(=O)OCC(=O)NCc1ccccc1Cl)C2=O. The van der Waals surface area contributed by atoms with Crippen LogP contribution in [0.3, 0.4) is 0 Å². The highest BCUT2D eigenvalue weighted by molar-refractivity contribution is 6.31. The van der Waals surface area contributed by atoms with Crippen molar-refractivity contribution in [1.29, 1.82) is 0 Å². The van der Waals surface area contributed by atoms with Crippen LogP contribution in [0.15, 0.2) is 24.3 Å². The third-order valence-corrected chi connectivity index (χ3v) is 5.96. The molecule has 3 rings (SSSR count). The Bertz CT molecular complexity index is 830. The van der Waals surface area contributed by atoms with Gasteiger partial charge in [0, 0.05) is 11.6 Å². The van der Waals surface area contributed by atoms with Gasteiger partial charge >= 0.3 is 12.0 Å². The molecule has 2 aliphatic rings. The van der Waals surface area contributed by atoms with Crippen molar-refractivity contribution < 1.29 is 23.9 Å². The van der Waals surface area contributed by atoms with Gasteiger partial charge in [-0.2, -0.15) is 0 Å². The van der Waals surface area contributed by atoms with E-state index in [0.29, 0.717) is 11.4 Å². The number of nitrogens with zero attached hydrogens (tertiary/aromatic N) is 1.